The van der Waals surface area contributed by atoms with Gasteiger partial charge in [0.1, 0.15) is 0 Å². The molecule has 0 atom stereocenters. The molecule has 10 heavy (non-hydrogen) atoms. The monoisotopic (exact) mass is 158 g/mol. The quantitative estimate of drug-likeness (QED) is 0.548. The van der Waals surface area contributed by atoms with Crippen molar-refractivity contribution in [1.29, 1.82) is 0 Å². The van der Waals surface area contributed by atoms with Gasteiger partial charge in [0.15, 0.2) is 0 Å². The van der Waals surface area contributed by atoms with E-state index in [9.17, 15) is 0 Å². The van der Waals surface area contributed by atoms with Gasteiger partial charge in [0.05, 0.1) is 10.8 Å². The SMILES string of the molecule is [2H]/C(CCCC)=C(\[2H])[Si](C)(C)C. The summed E-state index contributed by atoms with van der Waals surface area (Å²) in [5, 5.41) is 0. The van der Waals surface area contributed by atoms with Gasteiger partial charge in [-0.05, 0) is 6.42 Å². The molecule has 0 saturated carbocycles. The summed E-state index contributed by atoms with van der Waals surface area (Å²) in [4.78, 5) is 0. The van der Waals surface area contributed by atoms with Crippen molar-refractivity contribution in [2.24, 2.45) is 0 Å². The van der Waals surface area contributed by atoms with Crippen molar-refractivity contribution >= 4 is 8.07 Å². The zero-order chi connectivity index (χ0) is 9.78. The molecule has 0 radical (unpaired) electrons. The fourth-order valence-electron chi connectivity index (χ4n) is 0.593. The average Bonchev–Trinajstić information content (AvgIpc) is 1.97. The Morgan fingerprint density at radius 2 is 2.00 bits per heavy atom. The first-order valence-electron chi connectivity index (χ1n) is 5.06. The second-order valence-electron chi connectivity index (χ2n) is 3.66. The predicted molar refractivity (Wildman–Crippen MR) is 52.0 cm³/mol. The van der Waals surface area contributed by atoms with Crippen LogP contribution in [0.15, 0.2) is 11.7 Å². The highest BCUT2D eigenvalue weighted by Gasteiger charge is 2.05. The summed E-state index contributed by atoms with van der Waals surface area (Å²) in [5.74, 6) is 0. The van der Waals surface area contributed by atoms with Crippen LogP contribution in [0.25, 0.3) is 0 Å². The van der Waals surface area contributed by atoms with Crippen LogP contribution < -0.4 is 0 Å². The van der Waals surface area contributed by atoms with Crippen LogP contribution in [0.2, 0.25) is 19.6 Å². The Morgan fingerprint density at radius 1 is 1.40 bits per heavy atom. The minimum atomic E-state index is -1.51. The van der Waals surface area contributed by atoms with E-state index in [-0.39, 0.29) is 0 Å². The summed E-state index contributed by atoms with van der Waals surface area (Å²) >= 11 is 0. The molecule has 1 heteroatoms. The zero-order valence-corrected chi connectivity index (χ0v) is 8.62. The minimum Gasteiger partial charge on any atom is -0.0989 e. The first-order valence-corrected chi connectivity index (χ1v) is 7.56. The van der Waals surface area contributed by atoms with Crippen LogP contribution in [-0.2, 0) is 0 Å². The van der Waals surface area contributed by atoms with Gasteiger partial charge in [0, 0.05) is 0 Å². The van der Waals surface area contributed by atoms with Gasteiger partial charge >= 0.3 is 0 Å². The number of hydrogen-bond acceptors (Lipinski definition) is 0. The Kier molecular flexibility index (Phi) is 3.14. The largest absolute Gasteiger partial charge is 0.0989 e. The van der Waals surface area contributed by atoms with Crippen LogP contribution in [0, 0.1) is 0 Å². The highest BCUT2D eigenvalue weighted by molar-refractivity contribution is 6.80. The molecule has 0 unspecified atom stereocenters. The summed E-state index contributed by atoms with van der Waals surface area (Å²) in [6.45, 7) is 8.48. The van der Waals surface area contributed by atoms with Crippen LogP contribution in [0.1, 0.15) is 28.9 Å². The van der Waals surface area contributed by atoms with Crippen molar-refractivity contribution in [1.82, 2.24) is 0 Å². The van der Waals surface area contributed by atoms with Crippen molar-refractivity contribution in [2.45, 2.75) is 45.8 Å². The van der Waals surface area contributed by atoms with Crippen LogP contribution in [-0.4, -0.2) is 8.07 Å². The summed E-state index contributed by atoms with van der Waals surface area (Å²) in [5.41, 5.74) is 0.621. The topological polar surface area (TPSA) is 0 Å². The molecule has 0 aromatic heterocycles. The van der Waals surface area contributed by atoms with E-state index >= 15 is 0 Å². The molecule has 60 valence electrons. The van der Waals surface area contributed by atoms with E-state index in [1.54, 1.807) is 0 Å². The Hall–Kier alpha value is -0.0431. The van der Waals surface area contributed by atoms with Gasteiger partial charge < -0.3 is 0 Å². The smallest absolute Gasteiger partial charge is 0.0682 e. The molecular weight excluding hydrogens is 136 g/mol. The molecule has 0 aliphatic carbocycles. The number of rotatable bonds is 4. The van der Waals surface area contributed by atoms with E-state index in [0.29, 0.717) is 11.7 Å². The number of hydrogen-bond donors (Lipinski definition) is 0. The van der Waals surface area contributed by atoms with E-state index in [1.165, 1.54) is 0 Å². The lowest BCUT2D eigenvalue weighted by Gasteiger charge is -2.07. The van der Waals surface area contributed by atoms with Crippen molar-refractivity contribution in [3.05, 3.63) is 11.7 Å². The first-order chi connectivity index (χ1) is 5.39. The maximum absolute atomic E-state index is 7.76. The van der Waals surface area contributed by atoms with Gasteiger partial charge in [-0.1, -0.05) is 51.1 Å². The van der Waals surface area contributed by atoms with Gasteiger partial charge in [-0.2, -0.15) is 0 Å². The van der Waals surface area contributed by atoms with Crippen LogP contribution >= 0.6 is 0 Å². The Labute approximate surface area is 69.2 Å². The molecule has 0 heterocycles. The molecule has 0 spiro atoms. The molecule has 0 aromatic rings. The third-order valence-corrected chi connectivity index (χ3v) is 2.05. The zero-order valence-electron chi connectivity index (χ0n) is 9.62. The lowest BCUT2D eigenvalue weighted by molar-refractivity contribution is 0.815. The summed E-state index contributed by atoms with van der Waals surface area (Å²) in [6, 6.07) is 0.566. The Morgan fingerprint density at radius 3 is 2.40 bits per heavy atom. The standard InChI is InChI=1S/C9H20Si/c1-5-6-7-8-9-10(2,3)4/h8-9H,5-7H2,1-4H3/b9-8-/i8D,9D. The number of allylic oxidation sites excluding steroid dienone is 1. The third kappa shape index (κ3) is 7.96. The fraction of sp³-hybridized carbons (Fsp3) is 0.778. The van der Waals surface area contributed by atoms with E-state index in [1.807, 2.05) is 0 Å². The summed E-state index contributed by atoms with van der Waals surface area (Å²) in [6.07, 6.45) is 2.95. The van der Waals surface area contributed by atoms with E-state index in [0.717, 1.165) is 19.3 Å². The van der Waals surface area contributed by atoms with Gasteiger partial charge in [-0.25, -0.2) is 0 Å². The highest BCUT2D eigenvalue weighted by atomic mass is 28.3. The molecule has 0 rings (SSSR count). The molecule has 0 N–H and O–H groups in total. The van der Waals surface area contributed by atoms with Crippen molar-refractivity contribution in [2.75, 3.05) is 0 Å². The van der Waals surface area contributed by atoms with E-state index in [2.05, 4.69) is 26.6 Å². The van der Waals surface area contributed by atoms with Crippen molar-refractivity contribution < 1.29 is 2.74 Å². The van der Waals surface area contributed by atoms with Crippen LogP contribution in [0.5, 0.6) is 0 Å². The Balaban J connectivity index is 4.26. The number of unbranched alkanes of at least 4 members (excludes halogenated alkanes) is 1. The van der Waals surface area contributed by atoms with Gasteiger partial charge in [0.25, 0.3) is 0 Å². The second kappa shape index (κ2) is 4.72. The predicted octanol–water partition coefficient (Wildman–Crippen LogP) is 3.61. The molecule has 0 aromatic carbocycles. The fourth-order valence-corrected chi connectivity index (χ4v) is 1.25. The second-order valence-corrected chi connectivity index (χ2v) is 8.41. The molecule has 0 saturated heterocycles. The normalized spacial score (nSPS) is 17.6. The van der Waals surface area contributed by atoms with Crippen molar-refractivity contribution in [3.63, 3.8) is 0 Å². The molecule has 0 aliphatic rings. The van der Waals surface area contributed by atoms with E-state index in [4.69, 9.17) is 2.74 Å². The lowest BCUT2D eigenvalue weighted by atomic mass is 10.2. The average molecular weight is 158 g/mol. The minimum absolute atomic E-state index is 0.566. The molecule has 0 aliphatic heterocycles. The van der Waals surface area contributed by atoms with Gasteiger partial charge in [-0.15, -0.1) is 0 Å². The van der Waals surface area contributed by atoms with Crippen molar-refractivity contribution in [3.8, 4) is 0 Å². The van der Waals surface area contributed by atoms with Crippen LogP contribution in [0.3, 0.4) is 0 Å². The summed E-state index contributed by atoms with van der Waals surface area (Å²) in [7, 11) is -1.51. The Bertz CT molecular complexity index is 168. The first kappa shape index (κ1) is 6.65. The van der Waals surface area contributed by atoms with Crippen LogP contribution in [0.4, 0.5) is 0 Å². The summed E-state index contributed by atoms with van der Waals surface area (Å²) < 4.78 is 15.4. The maximum atomic E-state index is 7.76. The molecule has 0 fully saturated rings. The molecule has 0 amide bonds. The van der Waals surface area contributed by atoms with E-state index < -0.39 is 8.07 Å². The lowest BCUT2D eigenvalue weighted by Crippen LogP contribution is -2.15. The highest BCUT2D eigenvalue weighted by Crippen LogP contribution is 2.04. The van der Waals surface area contributed by atoms with Gasteiger partial charge in [-0.3, -0.25) is 0 Å². The maximum Gasteiger partial charge on any atom is 0.0682 e. The molecule has 0 bridgehead atoms. The molecular formula is C9H20Si. The molecule has 0 nitrogen and oxygen atoms in total. The van der Waals surface area contributed by atoms with Gasteiger partial charge in [0.2, 0.25) is 0 Å². The third-order valence-electron chi connectivity index (χ3n) is 1.12.